The van der Waals surface area contributed by atoms with Crippen molar-refractivity contribution < 1.29 is 14.3 Å². The van der Waals surface area contributed by atoms with Crippen LogP contribution in [0.4, 0.5) is 0 Å². The summed E-state index contributed by atoms with van der Waals surface area (Å²) in [6.07, 6.45) is 0.734. The van der Waals surface area contributed by atoms with Gasteiger partial charge in [0, 0.05) is 6.42 Å². The molecule has 78 valence electrons. The Morgan fingerprint density at radius 2 is 2.36 bits per heavy atom. The Morgan fingerprint density at radius 1 is 1.71 bits per heavy atom. The first-order chi connectivity index (χ1) is 6.59. The van der Waals surface area contributed by atoms with Gasteiger partial charge in [0.2, 0.25) is 5.60 Å². The monoisotopic (exact) mass is 197 g/mol. The lowest BCUT2D eigenvalue weighted by Gasteiger charge is -2.36. The molecule has 4 heteroatoms. The SMILES string of the molecule is CCC#CC1(OC(=O)C(C)N)COC1. The molecule has 0 aromatic carbocycles. The molecule has 1 aliphatic heterocycles. The second-order valence-corrected chi connectivity index (χ2v) is 3.35. The van der Waals surface area contributed by atoms with Crippen molar-refractivity contribution in [1.29, 1.82) is 0 Å². The fourth-order valence-electron chi connectivity index (χ4n) is 0.979. The normalized spacial score (nSPS) is 19.9. The zero-order valence-corrected chi connectivity index (χ0v) is 8.50. The summed E-state index contributed by atoms with van der Waals surface area (Å²) >= 11 is 0. The smallest absolute Gasteiger partial charge is 0.324 e. The van der Waals surface area contributed by atoms with E-state index in [1.165, 1.54) is 0 Å². The second-order valence-electron chi connectivity index (χ2n) is 3.35. The van der Waals surface area contributed by atoms with Gasteiger partial charge in [0.15, 0.2) is 0 Å². The molecule has 0 saturated carbocycles. The summed E-state index contributed by atoms with van der Waals surface area (Å²) in [5.41, 5.74) is 4.65. The predicted octanol–water partition coefficient (Wildman–Crippen LogP) is 0.0592. The largest absolute Gasteiger partial charge is 0.440 e. The van der Waals surface area contributed by atoms with E-state index in [0.29, 0.717) is 13.2 Å². The number of hydrogen-bond donors (Lipinski definition) is 1. The van der Waals surface area contributed by atoms with Crippen LogP contribution in [-0.2, 0) is 14.3 Å². The molecule has 1 rings (SSSR count). The molecule has 4 nitrogen and oxygen atoms in total. The molecule has 0 spiro atoms. The van der Waals surface area contributed by atoms with Crippen molar-refractivity contribution in [3.63, 3.8) is 0 Å². The number of rotatable bonds is 2. The van der Waals surface area contributed by atoms with E-state index in [-0.39, 0.29) is 0 Å². The average molecular weight is 197 g/mol. The summed E-state index contributed by atoms with van der Waals surface area (Å²) in [5.74, 6) is 5.35. The Bertz CT molecular complexity index is 271. The minimum absolute atomic E-state index is 0.346. The molecule has 14 heavy (non-hydrogen) atoms. The molecule has 0 aromatic heterocycles. The van der Waals surface area contributed by atoms with E-state index >= 15 is 0 Å². The van der Waals surface area contributed by atoms with Gasteiger partial charge in [-0.3, -0.25) is 4.79 Å². The van der Waals surface area contributed by atoms with E-state index in [2.05, 4.69) is 11.8 Å². The van der Waals surface area contributed by atoms with Crippen LogP contribution in [0.15, 0.2) is 0 Å². The lowest BCUT2D eigenvalue weighted by molar-refractivity contribution is -0.193. The summed E-state index contributed by atoms with van der Waals surface area (Å²) in [6.45, 7) is 4.22. The molecule has 1 atom stereocenters. The zero-order valence-electron chi connectivity index (χ0n) is 8.50. The Hall–Kier alpha value is -1.05. The number of carbonyl (C=O) groups excluding carboxylic acids is 1. The Labute approximate surface area is 83.7 Å². The van der Waals surface area contributed by atoms with Crippen molar-refractivity contribution in [3.8, 4) is 11.8 Å². The zero-order chi connectivity index (χ0) is 10.6. The molecule has 1 heterocycles. The van der Waals surface area contributed by atoms with Crippen LogP contribution in [0, 0.1) is 11.8 Å². The fourth-order valence-corrected chi connectivity index (χ4v) is 0.979. The van der Waals surface area contributed by atoms with E-state index in [1.54, 1.807) is 6.92 Å². The Balaban J connectivity index is 2.58. The summed E-state index contributed by atoms with van der Waals surface area (Å²) in [6, 6.07) is -0.615. The van der Waals surface area contributed by atoms with E-state index < -0.39 is 17.6 Å². The molecule has 0 aliphatic carbocycles. The van der Waals surface area contributed by atoms with Gasteiger partial charge in [-0.2, -0.15) is 0 Å². The molecular formula is C10H15NO3. The third kappa shape index (κ3) is 2.47. The van der Waals surface area contributed by atoms with Crippen LogP contribution in [-0.4, -0.2) is 30.8 Å². The average Bonchev–Trinajstić information content (AvgIpc) is 2.08. The summed E-state index contributed by atoms with van der Waals surface area (Å²) in [7, 11) is 0. The van der Waals surface area contributed by atoms with Crippen LogP contribution in [0.2, 0.25) is 0 Å². The Kier molecular flexibility index (Phi) is 3.50. The highest BCUT2D eigenvalue weighted by molar-refractivity contribution is 5.75. The number of carbonyl (C=O) groups is 1. The first-order valence-corrected chi connectivity index (χ1v) is 4.66. The standard InChI is InChI=1S/C10H15NO3/c1-3-4-5-10(6-13-7-10)14-9(12)8(2)11/h8H,3,6-7,11H2,1-2H3. The van der Waals surface area contributed by atoms with E-state index in [0.717, 1.165) is 6.42 Å². The van der Waals surface area contributed by atoms with Gasteiger partial charge >= 0.3 is 5.97 Å². The highest BCUT2D eigenvalue weighted by Gasteiger charge is 2.41. The number of nitrogens with two attached hydrogens (primary N) is 1. The van der Waals surface area contributed by atoms with Crippen molar-refractivity contribution in [2.24, 2.45) is 5.73 Å². The van der Waals surface area contributed by atoms with Crippen molar-refractivity contribution in [1.82, 2.24) is 0 Å². The lowest BCUT2D eigenvalue weighted by Crippen LogP contribution is -2.53. The van der Waals surface area contributed by atoms with Crippen molar-refractivity contribution >= 4 is 5.97 Å². The van der Waals surface area contributed by atoms with E-state index in [1.807, 2.05) is 6.92 Å². The summed E-state index contributed by atoms with van der Waals surface area (Å²) in [5, 5.41) is 0. The molecule has 0 amide bonds. The quantitative estimate of drug-likeness (QED) is 0.502. The third-order valence-electron chi connectivity index (χ3n) is 1.83. The number of ether oxygens (including phenoxy) is 2. The molecule has 0 radical (unpaired) electrons. The van der Waals surface area contributed by atoms with Crippen LogP contribution < -0.4 is 5.73 Å². The van der Waals surface area contributed by atoms with Gasteiger partial charge in [0.1, 0.15) is 19.3 Å². The Morgan fingerprint density at radius 3 is 2.71 bits per heavy atom. The van der Waals surface area contributed by atoms with E-state index in [4.69, 9.17) is 15.2 Å². The molecule has 1 aliphatic rings. The topological polar surface area (TPSA) is 61.5 Å². The minimum Gasteiger partial charge on any atom is -0.440 e. The maximum Gasteiger partial charge on any atom is 0.324 e. The predicted molar refractivity (Wildman–Crippen MR) is 51.4 cm³/mol. The van der Waals surface area contributed by atoms with Gasteiger partial charge < -0.3 is 15.2 Å². The van der Waals surface area contributed by atoms with Crippen LogP contribution in [0.5, 0.6) is 0 Å². The molecule has 1 fully saturated rings. The van der Waals surface area contributed by atoms with Crippen molar-refractivity contribution in [2.75, 3.05) is 13.2 Å². The van der Waals surface area contributed by atoms with Gasteiger partial charge in [-0.1, -0.05) is 18.8 Å². The van der Waals surface area contributed by atoms with Gasteiger partial charge in [-0.05, 0) is 6.92 Å². The van der Waals surface area contributed by atoms with Crippen LogP contribution in [0.25, 0.3) is 0 Å². The van der Waals surface area contributed by atoms with Crippen molar-refractivity contribution in [2.45, 2.75) is 31.9 Å². The molecule has 1 unspecified atom stereocenters. The van der Waals surface area contributed by atoms with Gasteiger partial charge in [0.05, 0.1) is 0 Å². The van der Waals surface area contributed by atoms with Crippen LogP contribution in [0.3, 0.4) is 0 Å². The maximum absolute atomic E-state index is 11.2. The fraction of sp³-hybridized carbons (Fsp3) is 0.700. The molecule has 0 bridgehead atoms. The first-order valence-electron chi connectivity index (χ1n) is 4.66. The summed E-state index contributed by atoms with van der Waals surface area (Å²) < 4.78 is 10.2. The molecule has 2 N–H and O–H groups in total. The molecular weight excluding hydrogens is 182 g/mol. The van der Waals surface area contributed by atoms with Crippen molar-refractivity contribution in [3.05, 3.63) is 0 Å². The number of esters is 1. The van der Waals surface area contributed by atoms with Gasteiger partial charge in [-0.15, -0.1) is 0 Å². The molecule has 1 saturated heterocycles. The van der Waals surface area contributed by atoms with Gasteiger partial charge in [-0.25, -0.2) is 0 Å². The van der Waals surface area contributed by atoms with Gasteiger partial charge in [0.25, 0.3) is 0 Å². The van der Waals surface area contributed by atoms with Crippen LogP contribution in [0.1, 0.15) is 20.3 Å². The molecule has 0 aromatic rings. The minimum atomic E-state index is -0.735. The summed E-state index contributed by atoms with van der Waals surface area (Å²) in [4.78, 5) is 11.2. The lowest BCUT2D eigenvalue weighted by atomic mass is 10.0. The highest BCUT2D eigenvalue weighted by Crippen LogP contribution is 2.21. The van der Waals surface area contributed by atoms with Crippen LogP contribution >= 0.6 is 0 Å². The van der Waals surface area contributed by atoms with E-state index in [9.17, 15) is 4.79 Å². The number of hydrogen-bond acceptors (Lipinski definition) is 4. The second kappa shape index (κ2) is 4.45. The third-order valence-corrected chi connectivity index (χ3v) is 1.83. The first kappa shape index (κ1) is 11.0. The highest BCUT2D eigenvalue weighted by atomic mass is 16.6. The maximum atomic E-state index is 11.2.